The van der Waals surface area contributed by atoms with Crippen molar-refractivity contribution in [3.05, 3.63) is 58.1 Å². The summed E-state index contributed by atoms with van der Waals surface area (Å²) in [5.41, 5.74) is 3.16. The fourth-order valence-electron chi connectivity index (χ4n) is 5.82. The van der Waals surface area contributed by atoms with Gasteiger partial charge in [0, 0.05) is 27.7 Å². The number of anilines is 1. The number of rotatable bonds is 3. The number of halogens is 3. The van der Waals surface area contributed by atoms with E-state index in [1.54, 1.807) is 24.3 Å². The van der Waals surface area contributed by atoms with Crippen molar-refractivity contribution < 1.29 is 17.8 Å². The molecule has 0 bridgehead atoms. The number of hydrogen-bond acceptors (Lipinski definition) is 2. The number of fused-ring (bicyclic) bond motifs is 2. The van der Waals surface area contributed by atoms with Crippen LogP contribution in [-0.4, -0.2) is 40.0 Å². The Morgan fingerprint density at radius 1 is 0.939 bits per heavy atom. The molecule has 3 fully saturated rings. The molecule has 33 heavy (non-hydrogen) atoms. The van der Waals surface area contributed by atoms with Gasteiger partial charge in [-0.2, -0.15) is 0 Å². The summed E-state index contributed by atoms with van der Waals surface area (Å²) in [6, 6.07) is 12.8. The van der Waals surface area contributed by atoms with Gasteiger partial charge in [-0.1, -0.05) is 22.0 Å². The second kappa shape index (κ2) is 7.43. The van der Waals surface area contributed by atoms with Crippen LogP contribution in [0.5, 0.6) is 0 Å². The van der Waals surface area contributed by atoms with E-state index >= 15 is 0 Å². The van der Waals surface area contributed by atoms with Gasteiger partial charge in [0.15, 0.2) is 0 Å². The van der Waals surface area contributed by atoms with Gasteiger partial charge in [0.25, 0.3) is 11.8 Å². The lowest BCUT2D eigenvalue weighted by Gasteiger charge is -2.38. The Labute approximate surface area is 203 Å². The molecule has 6 rings (SSSR count). The van der Waals surface area contributed by atoms with Gasteiger partial charge in [-0.25, -0.2) is 17.3 Å². The lowest BCUT2D eigenvalue weighted by Crippen LogP contribution is -2.56. The first-order valence-corrected chi connectivity index (χ1v) is 13.4. The predicted molar refractivity (Wildman–Crippen MR) is 127 cm³/mol. The van der Waals surface area contributed by atoms with Crippen molar-refractivity contribution in [2.45, 2.75) is 54.8 Å². The Bertz CT molecular complexity index is 1160. The number of nitrogens with zero attached hydrogens (tertiary/aromatic N) is 2. The fraction of sp³-hybridized carbons (Fsp3) is 0.480. The number of benzene rings is 2. The van der Waals surface area contributed by atoms with E-state index in [4.69, 9.17) is 0 Å². The van der Waals surface area contributed by atoms with Gasteiger partial charge in [-0.05, 0) is 85.9 Å². The summed E-state index contributed by atoms with van der Waals surface area (Å²) < 4.78 is 41.4. The van der Waals surface area contributed by atoms with Gasteiger partial charge in [0.2, 0.25) is 0 Å². The van der Waals surface area contributed by atoms with E-state index in [9.17, 15) is 17.8 Å². The van der Waals surface area contributed by atoms with Crippen LogP contribution >= 0.6 is 15.9 Å². The monoisotopic (exact) mass is 534 g/mol. The summed E-state index contributed by atoms with van der Waals surface area (Å²) in [7, 11) is -1.70. The van der Waals surface area contributed by atoms with Crippen molar-refractivity contribution in [3.63, 3.8) is 0 Å². The van der Waals surface area contributed by atoms with Gasteiger partial charge in [0.1, 0.15) is 11.0 Å². The Balaban J connectivity index is 1.28. The van der Waals surface area contributed by atoms with E-state index in [0.717, 1.165) is 23.0 Å². The zero-order valence-electron chi connectivity index (χ0n) is 18.2. The molecule has 2 heterocycles. The van der Waals surface area contributed by atoms with Crippen molar-refractivity contribution >= 4 is 38.5 Å². The van der Waals surface area contributed by atoms with Crippen LogP contribution in [0.25, 0.3) is 0 Å². The van der Waals surface area contributed by atoms with Crippen LogP contribution in [0.15, 0.2) is 51.8 Å². The third kappa shape index (κ3) is 3.69. The highest BCUT2D eigenvalue weighted by Gasteiger charge is 2.53. The Hall–Kier alpha value is -1.64. The van der Waals surface area contributed by atoms with Crippen LogP contribution in [0.1, 0.15) is 54.4 Å². The van der Waals surface area contributed by atoms with Crippen LogP contribution in [0.2, 0.25) is 0 Å². The molecule has 4 nitrogen and oxygen atoms in total. The minimum Gasteiger partial charge on any atom is -0.307 e. The lowest BCUT2D eigenvalue weighted by molar-refractivity contribution is -0.0926. The average Bonchev–Trinajstić information content (AvgIpc) is 3.49. The number of carbonyl (C=O) groups is 1. The van der Waals surface area contributed by atoms with Crippen LogP contribution in [0.3, 0.4) is 0 Å². The molecular formula is C25H25BrF2N2O2S. The molecule has 0 aromatic heterocycles. The molecule has 2 saturated carbocycles. The van der Waals surface area contributed by atoms with Gasteiger partial charge < -0.3 is 4.90 Å². The molecule has 1 saturated heterocycles. The summed E-state index contributed by atoms with van der Waals surface area (Å²) in [6.07, 6.45) is 7.29. The van der Waals surface area contributed by atoms with E-state index in [2.05, 4.69) is 22.0 Å². The Morgan fingerprint density at radius 3 is 2.30 bits per heavy atom. The molecule has 1 atom stereocenters. The van der Waals surface area contributed by atoms with E-state index in [-0.39, 0.29) is 11.3 Å². The van der Waals surface area contributed by atoms with Crippen molar-refractivity contribution in [2.75, 3.05) is 24.5 Å². The van der Waals surface area contributed by atoms with Gasteiger partial charge in [-0.15, -0.1) is 0 Å². The number of amides is 1. The highest BCUT2D eigenvalue weighted by molar-refractivity contribution is 9.10. The van der Waals surface area contributed by atoms with Crippen molar-refractivity contribution in [1.29, 1.82) is 0 Å². The molecule has 8 heteroatoms. The third-order valence-corrected chi connectivity index (χ3v) is 9.96. The first-order valence-electron chi connectivity index (χ1n) is 11.5. The fourth-order valence-corrected chi connectivity index (χ4v) is 7.51. The first-order chi connectivity index (χ1) is 15.7. The molecule has 4 aliphatic rings. The molecule has 2 aromatic rings. The van der Waals surface area contributed by atoms with Gasteiger partial charge in [0.05, 0.1) is 18.0 Å². The molecule has 1 unspecified atom stereocenters. The maximum atomic E-state index is 13.7. The van der Waals surface area contributed by atoms with E-state index in [0.29, 0.717) is 22.4 Å². The number of carbonyl (C=O) groups excluding carboxylic acids is 1. The molecule has 0 N–H and O–H groups in total. The quantitative estimate of drug-likeness (QED) is 0.508. The standard InChI is InChI=1S/C25H25BrF2N2O2S/c26-18-4-5-21-20(13-18)24(10-8-23(6-7-23)9-11-24)14-30(21)22(31)17-2-1-3-19(12-17)33(32)29-15-25(27,28)16-29/h1-5,12-13H,6-11,14-16H2. The molecule has 2 spiro atoms. The minimum atomic E-state index is -2.79. The predicted octanol–water partition coefficient (Wildman–Crippen LogP) is 5.68. The molecule has 174 valence electrons. The summed E-state index contributed by atoms with van der Waals surface area (Å²) in [5.74, 6) is -2.92. The number of alkyl halides is 2. The van der Waals surface area contributed by atoms with E-state index < -0.39 is 30.0 Å². The highest BCUT2D eigenvalue weighted by atomic mass is 79.9. The minimum absolute atomic E-state index is 0.0216. The molecule has 1 amide bonds. The number of hydrogen-bond donors (Lipinski definition) is 0. The lowest BCUT2D eigenvalue weighted by atomic mass is 9.66. The summed E-state index contributed by atoms with van der Waals surface area (Å²) in [5, 5.41) is 0. The van der Waals surface area contributed by atoms with E-state index in [1.807, 2.05) is 17.0 Å². The molecular weight excluding hydrogens is 510 g/mol. The third-order valence-electron chi connectivity index (χ3n) is 8.08. The summed E-state index contributed by atoms with van der Waals surface area (Å²) >= 11 is 3.62. The smallest absolute Gasteiger partial charge is 0.275 e. The molecule has 0 radical (unpaired) electrons. The topological polar surface area (TPSA) is 40.6 Å². The van der Waals surface area contributed by atoms with Crippen molar-refractivity contribution in [3.8, 4) is 0 Å². The molecule has 2 aliphatic heterocycles. The first kappa shape index (κ1) is 21.9. The Kier molecular flexibility index (Phi) is 4.92. The van der Waals surface area contributed by atoms with Crippen LogP contribution < -0.4 is 4.90 Å². The summed E-state index contributed by atoms with van der Waals surface area (Å²) in [4.78, 5) is 15.9. The average molecular weight is 535 g/mol. The van der Waals surface area contributed by atoms with Crippen LogP contribution in [0, 0.1) is 5.41 Å². The molecule has 2 aliphatic carbocycles. The van der Waals surface area contributed by atoms with Crippen molar-refractivity contribution in [2.24, 2.45) is 5.41 Å². The maximum Gasteiger partial charge on any atom is 0.275 e. The summed E-state index contributed by atoms with van der Waals surface area (Å²) in [6.45, 7) is -0.383. The van der Waals surface area contributed by atoms with Gasteiger partial charge in [-0.3, -0.25) is 4.79 Å². The van der Waals surface area contributed by atoms with Crippen molar-refractivity contribution in [1.82, 2.24) is 4.31 Å². The maximum absolute atomic E-state index is 13.7. The second-order valence-electron chi connectivity index (χ2n) is 10.3. The normalized spacial score (nSPS) is 25.0. The van der Waals surface area contributed by atoms with Gasteiger partial charge >= 0.3 is 0 Å². The van der Waals surface area contributed by atoms with E-state index in [1.165, 1.54) is 35.6 Å². The highest BCUT2D eigenvalue weighted by Crippen LogP contribution is 2.62. The Morgan fingerprint density at radius 2 is 1.64 bits per heavy atom. The zero-order chi connectivity index (χ0) is 23.0. The zero-order valence-corrected chi connectivity index (χ0v) is 20.6. The second-order valence-corrected chi connectivity index (χ2v) is 12.7. The van der Waals surface area contributed by atoms with Crippen LogP contribution in [0.4, 0.5) is 14.5 Å². The SMILES string of the molecule is O=C(c1cccc(S(=O)N2CC(F)(F)C2)c1)N1CC2(CCC3(CC3)CC2)c2cc(Br)ccc21. The van der Waals surface area contributed by atoms with Crippen LogP contribution in [-0.2, 0) is 16.4 Å². The molecule has 2 aromatic carbocycles. The largest absolute Gasteiger partial charge is 0.307 e.